The van der Waals surface area contributed by atoms with Gasteiger partial charge in [-0.1, -0.05) is 6.07 Å². The van der Waals surface area contributed by atoms with Crippen molar-refractivity contribution in [1.82, 2.24) is 5.32 Å². The van der Waals surface area contributed by atoms with E-state index < -0.39 is 11.9 Å². The van der Waals surface area contributed by atoms with Crippen molar-refractivity contribution in [3.05, 3.63) is 45.9 Å². The summed E-state index contributed by atoms with van der Waals surface area (Å²) in [5, 5.41) is 15.2. The van der Waals surface area contributed by atoms with Gasteiger partial charge in [0.05, 0.1) is 20.3 Å². The Kier molecular flexibility index (Phi) is 5.55. The number of rotatable bonds is 7. The molecule has 0 saturated heterocycles. The molecule has 1 unspecified atom stereocenters. The van der Waals surface area contributed by atoms with E-state index in [9.17, 15) is 9.50 Å². The van der Waals surface area contributed by atoms with Crippen molar-refractivity contribution in [2.45, 2.75) is 12.6 Å². The van der Waals surface area contributed by atoms with E-state index in [2.05, 4.69) is 5.32 Å². The van der Waals surface area contributed by atoms with Gasteiger partial charge >= 0.3 is 0 Å². The number of aliphatic hydroxyl groups excluding tert-OH is 1. The quantitative estimate of drug-likeness (QED) is 0.825. The molecule has 1 heterocycles. The molecule has 0 amide bonds. The van der Waals surface area contributed by atoms with Gasteiger partial charge in [0.2, 0.25) is 0 Å². The normalized spacial score (nSPS) is 12.2. The summed E-state index contributed by atoms with van der Waals surface area (Å²) in [6, 6.07) is 6.65. The Balaban J connectivity index is 2.02. The van der Waals surface area contributed by atoms with Crippen molar-refractivity contribution in [2.75, 3.05) is 20.8 Å². The van der Waals surface area contributed by atoms with Crippen molar-refractivity contribution >= 4 is 11.3 Å². The number of halogens is 1. The van der Waals surface area contributed by atoms with Crippen LogP contribution in [-0.4, -0.2) is 25.9 Å². The molecule has 0 aliphatic heterocycles. The average Bonchev–Trinajstić information content (AvgIpc) is 3.00. The molecule has 0 spiro atoms. The molecule has 6 heteroatoms. The SMILES string of the molecule is COc1cc(F)c(C(O)CNCc2cccs2)cc1OC. The highest BCUT2D eigenvalue weighted by Gasteiger charge is 2.17. The standard InChI is InChI=1S/C15H18FNO3S/c1-19-14-6-11(12(16)7-15(14)20-2)13(18)9-17-8-10-4-3-5-21-10/h3-7,13,17-18H,8-9H2,1-2H3. The van der Waals surface area contributed by atoms with Crippen molar-refractivity contribution < 1.29 is 19.0 Å². The fraction of sp³-hybridized carbons (Fsp3) is 0.333. The topological polar surface area (TPSA) is 50.7 Å². The number of thiophene rings is 1. The van der Waals surface area contributed by atoms with E-state index in [4.69, 9.17) is 9.47 Å². The number of ether oxygens (including phenoxy) is 2. The number of nitrogens with one attached hydrogen (secondary N) is 1. The van der Waals surface area contributed by atoms with Gasteiger partial charge in [-0.2, -0.15) is 0 Å². The van der Waals surface area contributed by atoms with E-state index in [1.807, 2.05) is 17.5 Å². The van der Waals surface area contributed by atoms with Crippen molar-refractivity contribution in [3.63, 3.8) is 0 Å². The van der Waals surface area contributed by atoms with Crippen LogP contribution in [0.15, 0.2) is 29.6 Å². The number of methoxy groups -OCH3 is 2. The van der Waals surface area contributed by atoms with Gasteiger partial charge in [0.25, 0.3) is 0 Å². The molecule has 114 valence electrons. The molecule has 0 aliphatic carbocycles. The first-order chi connectivity index (χ1) is 10.2. The first-order valence-corrected chi connectivity index (χ1v) is 7.36. The molecule has 2 rings (SSSR count). The minimum absolute atomic E-state index is 0.186. The van der Waals surface area contributed by atoms with Crippen LogP contribution in [0.3, 0.4) is 0 Å². The minimum Gasteiger partial charge on any atom is -0.493 e. The lowest BCUT2D eigenvalue weighted by atomic mass is 10.1. The molecule has 21 heavy (non-hydrogen) atoms. The highest BCUT2D eigenvalue weighted by atomic mass is 32.1. The summed E-state index contributed by atoms with van der Waals surface area (Å²) in [7, 11) is 2.91. The van der Waals surface area contributed by atoms with Gasteiger partial charge < -0.3 is 19.9 Å². The molecule has 1 aromatic carbocycles. The summed E-state index contributed by atoms with van der Waals surface area (Å²) in [4.78, 5) is 1.16. The molecule has 2 N–H and O–H groups in total. The van der Waals surface area contributed by atoms with Crippen LogP contribution in [0.25, 0.3) is 0 Å². The minimum atomic E-state index is -0.954. The van der Waals surface area contributed by atoms with Crippen LogP contribution in [0.2, 0.25) is 0 Å². The molecule has 2 aromatic rings. The first kappa shape index (κ1) is 15.8. The molecule has 0 radical (unpaired) electrons. The van der Waals surface area contributed by atoms with Gasteiger partial charge in [0.1, 0.15) is 5.82 Å². The lowest BCUT2D eigenvalue weighted by Gasteiger charge is -2.15. The highest BCUT2D eigenvalue weighted by molar-refractivity contribution is 7.09. The Morgan fingerprint density at radius 3 is 2.62 bits per heavy atom. The van der Waals surface area contributed by atoms with Gasteiger partial charge in [-0.25, -0.2) is 4.39 Å². The molecule has 0 fully saturated rings. The monoisotopic (exact) mass is 311 g/mol. The summed E-state index contributed by atoms with van der Waals surface area (Å²) in [6.45, 7) is 0.897. The third-order valence-corrected chi connectivity index (χ3v) is 3.96. The molecule has 1 aromatic heterocycles. The Labute approximate surface area is 127 Å². The smallest absolute Gasteiger partial charge is 0.163 e. The summed E-state index contributed by atoms with van der Waals surface area (Å²) in [5.74, 6) is 0.182. The molecule has 1 atom stereocenters. The highest BCUT2D eigenvalue weighted by Crippen LogP contribution is 2.32. The zero-order valence-corrected chi connectivity index (χ0v) is 12.7. The fourth-order valence-electron chi connectivity index (χ4n) is 1.98. The second-order valence-electron chi connectivity index (χ2n) is 4.45. The molecular weight excluding hydrogens is 293 g/mol. The average molecular weight is 311 g/mol. The maximum absolute atomic E-state index is 14.0. The zero-order chi connectivity index (χ0) is 15.2. The lowest BCUT2D eigenvalue weighted by molar-refractivity contribution is 0.169. The van der Waals surface area contributed by atoms with Gasteiger partial charge in [0.15, 0.2) is 11.5 Å². The molecule has 4 nitrogen and oxygen atoms in total. The van der Waals surface area contributed by atoms with Gasteiger partial charge in [-0.3, -0.25) is 0 Å². The Bertz CT molecular complexity index is 575. The Morgan fingerprint density at radius 2 is 2.00 bits per heavy atom. The van der Waals surface area contributed by atoms with E-state index in [1.165, 1.54) is 26.4 Å². The molecule has 0 bridgehead atoms. The fourth-order valence-corrected chi connectivity index (χ4v) is 2.65. The molecule has 0 saturated carbocycles. The van der Waals surface area contributed by atoms with Crippen LogP contribution >= 0.6 is 11.3 Å². The zero-order valence-electron chi connectivity index (χ0n) is 11.9. The summed E-state index contributed by atoms with van der Waals surface area (Å²) in [5.41, 5.74) is 0.186. The first-order valence-electron chi connectivity index (χ1n) is 6.48. The summed E-state index contributed by atoms with van der Waals surface area (Å²) >= 11 is 1.63. The number of hydrogen-bond acceptors (Lipinski definition) is 5. The van der Waals surface area contributed by atoms with Crippen molar-refractivity contribution in [1.29, 1.82) is 0 Å². The predicted octanol–water partition coefficient (Wildman–Crippen LogP) is 2.73. The van der Waals surface area contributed by atoms with Gasteiger partial charge in [-0.05, 0) is 17.5 Å². The van der Waals surface area contributed by atoms with E-state index in [0.29, 0.717) is 18.0 Å². The van der Waals surface area contributed by atoms with Crippen molar-refractivity contribution in [3.8, 4) is 11.5 Å². The summed E-state index contributed by atoms with van der Waals surface area (Å²) < 4.78 is 24.1. The maximum Gasteiger partial charge on any atom is 0.163 e. The van der Waals surface area contributed by atoms with E-state index >= 15 is 0 Å². The Morgan fingerprint density at radius 1 is 1.29 bits per heavy atom. The number of benzene rings is 1. The third-order valence-electron chi connectivity index (χ3n) is 3.08. The lowest BCUT2D eigenvalue weighted by Crippen LogP contribution is -2.21. The van der Waals surface area contributed by atoms with Crippen LogP contribution in [0, 0.1) is 5.82 Å². The van der Waals surface area contributed by atoms with Crippen molar-refractivity contribution in [2.24, 2.45) is 0 Å². The van der Waals surface area contributed by atoms with Gasteiger partial charge in [-0.15, -0.1) is 11.3 Å². The Hall–Kier alpha value is -1.63. The third kappa shape index (κ3) is 3.93. The van der Waals surface area contributed by atoms with E-state index in [1.54, 1.807) is 11.3 Å². The number of aliphatic hydroxyl groups is 1. The van der Waals surface area contributed by atoms with Crippen LogP contribution in [0.4, 0.5) is 4.39 Å². The molecule has 0 aliphatic rings. The maximum atomic E-state index is 14.0. The predicted molar refractivity (Wildman–Crippen MR) is 80.5 cm³/mol. The van der Waals surface area contributed by atoms with Crippen LogP contribution in [0.1, 0.15) is 16.5 Å². The largest absolute Gasteiger partial charge is 0.493 e. The second kappa shape index (κ2) is 7.40. The molecular formula is C15H18FNO3S. The summed E-state index contributed by atoms with van der Waals surface area (Å²) in [6.07, 6.45) is -0.954. The van der Waals surface area contributed by atoms with Gasteiger partial charge in [0, 0.05) is 29.6 Å². The van der Waals surface area contributed by atoms with Crippen LogP contribution in [-0.2, 0) is 6.54 Å². The van der Waals surface area contributed by atoms with Crippen LogP contribution in [0.5, 0.6) is 11.5 Å². The number of hydrogen-bond donors (Lipinski definition) is 2. The van der Waals surface area contributed by atoms with E-state index in [0.717, 1.165) is 4.88 Å². The second-order valence-corrected chi connectivity index (χ2v) is 5.49. The van der Waals surface area contributed by atoms with E-state index in [-0.39, 0.29) is 12.1 Å². The van der Waals surface area contributed by atoms with Crippen LogP contribution < -0.4 is 14.8 Å².